The van der Waals surface area contributed by atoms with Crippen molar-refractivity contribution in [1.29, 1.82) is 0 Å². The minimum Gasteiger partial charge on any atom is -0.480 e. The zero-order valence-corrected chi connectivity index (χ0v) is 15.0. The molecular weight excluding hydrogens is 374 g/mol. The van der Waals surface area contributed by atoms with Crippen LogP contribution in [0.1, 0.15) is 32.8 Å². The molecule has 0 aliphatic carbocycles. The third-order valence-electron chi connectivity index (χ3n) is 2.71. The normalized spacial score (nSPS) is 12.6. The van der Waals surface area contributed by atoms with E-state index in [1.54, 1.807) is 26.8 Å². The molecule has 0 fully saturated rings. The zero-order chi connectivity index (χ0) is 16.9. The van der Waals surface area contributed by atoms with E-state index < -0.39 is 23.7 Å². The molecule has 1 atom stereocenters. The van der Waals surface area contributed by atoms with Crippen LogP contribution in [0.5, 0.6) is 0 Å². The Balaban J connectivity index is 2.65. The van der Waals surface area contributed by atoms with Gasteiger partial charge < -0.3 is 15.2 Å². The van der Waals surface area contributed by atoms with Gasteiger partial charge in [0.2, 0.25) is 0 Å². The third kappa shape index (κ3) is 6.66. The van der Waals surface area contributed by atoms with Gasteiger partial charge in [0.25, 0.3) is 0 Å². The predicted molar refractivity (Wildman–Crippen MR) is 88.3 cm³/mol. The largest absolute Gasteiger partial charge is 0.480 e. The van der Waals surface area contributed by atoms with Crippen LogP contribution >= 0.6 is 27.5 Å². The summed E-state index contributed by atoms with van der Waals surface area (Å²) in [6.45, 7) is 5.14. The van der Waals surface area contributed by atoms with E-state index in [9.17, 15) is 14.7 Å². The van der Waals surface area contributed by atoms with Gasteiger partial charge in [-0.25, -0.2) is 9.59 Å². The highest BCUT2D eigenvalue weighted by Gasteiger charge is 2.23. The molecule has 1 unspecified atom stereocenters. The first kappa shape index (κ1) is 18.8. The third-order valence-corrected chi connectivity index (χ3v) is 3.55. The second-order valence-electron chi connectivity index (χ2n) is 5.81. The van der Waals surface area contributed by atoms with Crippen molar-refractivity contribution in [2.24, 2.45) is 0 Å². The summed E-state index contributed by atoms with van der Waals surface area (Å²) >= 11 is 9.40. The minimum atomic E-state index is -1.11. The first-order chi connectivity index (χ1) is 10.1. The highest BCUT2D eigenvalue weighted by molar-refractivity contribution is 9.10. The molecule has 0 spiro atoms. The summed E-state index contributed by atoms with van der Waals surface area (Å²) in [4.78, 5) is 22.9. The summed E-state index contributed by atoms with van der Waals surface area (Å²) in [5, 5.41) is 12.1. The number of nitrogens with one attached hydrogen (secondary N) is 1. The maximum atomic E-state index is 11.7. The molecule has 1 aromatic rings. The van der Waals surface area contributed by atoms with Crippen LogP contribution in [0.3, 0.4) is 0 Å². The van der Waals surface area contributed by atoms with Crippen molar-refractivity contribution in [3.8, 4) is 0 Å². The summed E-state index contributed by atoms with van der Waals surface area (Å²) < 4.78 is 5.91. The van der Waals surface area contributed by atoms with Gasteiger partial charge in [0.15, 0.2) is 0 Å². The average Bonchev–Trinajstić information content (AvgIpc) is 2.33. The number of hydrogen-bond acceptors (Lipinski definition) is 3. The van der Waals surface area contributed by atoms with Crippen LogP contribution in [-0.4, -0.2) is 28.8 Å². The van der Waals surface area contributed by atoms with Crippen LogP contribution in [0.2, 0.25) is 5.02 Å². The molecular formula is C15H19BrClNO4. The lowest BCUT2D eigenvalue weighted by atomic mass is 10.1. The van der Waals surface area contributed by atoms with E-state index in [0.29, 0.717) is 11.4 Å². The van der Waals surface area contributed by atoms with Gasteiger partial charge in [-0.05, 0) is 51.3 Å². The van der Waals surface area contributed by atoms with Crippen LogP contribution in [0.15, 0.2) is 22.7 Å². The molecule has 0 radical (unpaired) electrons. The summed E-state index contributed by atoms with van der Waals surface area (Å²) in [7, 11) is 0. The Labute approximate surface area is 143 Å². The van der Waals surface area contributed by atoms with Gasteiger partial charge in [-0.3, -0.25) is 0 Å². The quantitative estimate of drug-likeness (QED) is 0.794. The number of aliphatic carboxylic acids is 1. The molecule has 2 N–H and O–H groups in total. The molecule has 0 heterocycles. The molecule has 7 heteroatoms. The van der Waals surface area contributed by atoms with Crippen LogP contribution in [-0.2, 0) is 16.0 Å². The number of carbonyl (C=O) groups is 2. The van der Waals surface area contributed by atoms with Crippen molar-refractivity contribution >= 4 is 39.6 Å². The zero-order valence-electron chi connectivity index (χ0n) is 12.7. The van der Waals surface area contributed by atoms with Gasteiger partial charge in [-0.15, -0.1) is 0 Å². The Morgan fingerprint density at radius 2 is 2.05 bits per heavy atom. The van der Waals surface area contributed by atoms with E-state index in [1.807, 2.05) is 12.1 Å². The maximum absolute atomic E-state index is 11.7. The van der Waals surface area contributed by atoms with Crippen LogP contribution in [0.25, 0.3) is 0 Å². The van der Waals surface area contributed by atoms with Crippen molar-refractivity contribution < 1.29 is 19.4 Å². The van der Waals surface area contributed by atoms with E-state index in [-0.39, 0.29) is 6.42 Å². The Bertz CT molecular complexity index is 557. The maximum Gasteiger partial charge on any atom is 0.408 e. The molecule has 122 valence electrons. The summed E-state index contributed by atoms with van der Waals surface area (Å²) in [6.07, 6.45) is -0.101. The number of carboxylic acid groups (broad SMARTS) is 1. The molecule has 0 saturated heterocycles. The number of alkyl carbamates (subject to hydrolysis) is 1. The van der Waals surface area contributed by atoms with Crippen molar-refractivity contribution in [1.82, 2.24) is 5.32 Å². The number of amides is 1. The average molecular weight is 393 g/mol. The second kappa shape index (κ2) is 7.83. The predicted octanol–water partition coefficient (Wildman–Crippen LogP) is 4.01. The van der Waals surface area contributed by atoms with Crippen LogP contribution in [0, 0.1) is 0 Å². The standard InChI is InChI=1S/C15H19BrClNO4/c1-15(2,3)22-14(21)18-12(13(19)20)7-5-9-4-6-10(16)8-11(9)17/h4,6,8,12H,5,7H2,1-3H3,(H,18,21)(H,19,20). The fourth-order valence-electron chi connectivity index (χ4n) is 1.73. The lowest BCUT2D eigenvalue weighted by Gasteiger charge is -2.22. The number of carbonyl (C=O) groups excluding carboxylic acids is 1. The summed E-state index contributed by atoms with van der Waals surface area (Å²) in [6, 6.07) is 4.36. The smallest absolute Gasteiger partial charge is 0.408 e. The fraction of sp³-hybridized carbons (Fsp3) is 0.467. The number of ether oxygens (including phenoxy) is 1. The number of rotatable bonds is 5. The van der Waals surface area contributed by atoms with Gasteiger partial charge in [0.05, 0.1) is 0 Å². The molecule has 0 saturated carbocycles. The van der Waals surface area contributed by atoms with Crippen molar-refractivity contribution in [2.75, 3.05) is 0 Å². The Hall–Kier alpha value is -1.27. The van der Waals surface area contributed by atoms with E-state index in [4.69, 9.17) is 16.3 Å². The molecule has 0 aliphatic heterocycles. The fourth-order valence-corrected chi connectivity index (χ4v) is 2.50. The van der Waals surface area contributed by atoms with Crippen LogP contribution < -0.4 is 5.32 Å². The lowest BCUT2D eigenvalue weighted by molar-refractivity contribution is -0.139. The topological polar surface area (TPSA) is 75.6 Å². The lowest BCUT2D eigenvalue weighted by Crippen LogP contribution is -2.43. The van der Waals surface area contributed by atoms with Crippen molar-refractivity contribution in [2.45, 2.75) is 45.3 Å². The molecule has 22 heavy (non-hydrogen) atoms. The SMILES string of the molecule is CC(C)(C)OC(=O)NC(CCc1ccc(Br)cc1Cl)C(=O)O. The molecule has 0 aliphatic rings. The highest BCUT2D eigenvalue weighted by Crippen LogP contribution is 2.22. The first-order valence-corrected chi connectivity index (χ1v) is 7.92. The molecule has 0 aromatic heterocycles. The molecule has 0 bridgehead atoms. The monoisotopic (exact) mass is 391 g/mol. The van der Waals surface area contributed by atoms with E-state index in [2.05, 4.69) is 21.2 Å². The Morgan fingerprint density at radius 3 is 2.55 bits per heavy atom. The first-order valence-electron chi connectivity index (χ1n) is 6.75. The van der Waals surface area contributed by atoms with Gasteiger partial charge in [0, 0.05) is 9.50 Å². The van der Waals surface area contributed by atoms with Crippen LogP contribution in [0.4, 0.5) is 4.79 Å². The number of hydrogen-bond donors (Lipinski definition) is 2. The van der Waals surface area contributed by atoms with Gasteiger partial charge >= 0.3 is 12.1 Å². The number of aryl methyl sites for hydroxylation is 1. The highest BCUT2D eigenvalue weighted by atomic mass is 79.9. The van der Waals surface area contributed by atoms with E-state index >= 15 is 0 Å². The Kier molecular flexibility index (Phi) is 6.68. The van der Waals surface area contributed by atoms with E-state index in [1.165, 1.54) is 0 Å². The van der Waals surface area contributed by atoms with Crippen molar-refractivity contribution in [3.05, 3.63) is 33.3 Å². The minimum absolute atomic E-state index is 0.218. The molecule has 1 amide bonds. The van der Waals surface area contributed by atoms with Gasteiger partial charge in [-0.2, -0.15) is 0 Å². The number of halogens is 2. The molecule has 1 rings (SSSR count). The van der Waals surface area contributed by atoms with Crippen molar-refractivity contribution in [3.63, 3.8) is 0 Å². The van der Waals surface area contributed by atoms with E-state index in [0.717, 1.165) is 10.0 Å². The Morgan fingerprint density at radius 1 is 1.41 bits per heavy atom. The van der Waals surface area contributed by atoms with Gasteiger partial charge in [-0.1, -0.05) is 33.6 Å². The molecule has 5 nitrogen and oxygen atoms in total. The number of carboxylic acids is 1. The van der Waals surface area contributed by atoms with Gasteiger partial charge in [0.1, 0.15) is 11.6 Å². The number of benzene rings is 1. The molecule has 1 aromatic carbocycles. The second-order valence-corrected chi connectivity index (χ2v) is 7.13. The summed E-state index contributed by atoms with van der Waals surface area (Å²) in [5.74, 6) is -1.11. The summed E-state index contributed by atoms with van der Waals surface area (Å²) in [5.41, 5.74) is 0.143.